The van der Waals surface area contributed by atoms with Crippen LogP contribution in [0.4, 0.5) is 5.69 Å². The lowest BCUT2D eigenvalue weighted by Gasteiger charge is -2.11. The van der Waals surface area contributed by atoms with Gasteiger partial charge in [0.15, 0.2) is 0 Å². The number of aryl methyl sites for hydroxylation is 1. The Morgan fingerprint density at radius 1 is 1.24 bits per heavy atom. The van der Waals surface area contributed by atoms with Crippen LogP contribution in [0.1, 0.15) is 15.9 Å². The first-order valence-corrected chi connectivity index (χ1v) is 9.46. The number of halogens is 2. The maximum absolute atomic E-state index is 12.3. The molecule has 0 aliphatic carbocycles. The molecule has 0 fully saturated rings. The van der Waals surface area contributed by atoms with E-state index in [9.17, 15) is 13.2 Å². The van der Waals surface area contributed by atoms with E-state index < -0.39 is 16.0 Å². The zero-order valence-corrected chi connectivity index (χ0v) is 15.4. The summed E-state index contributed by atoms with van der Waals surface area (Å²) >= 11 is 7.46. The summed E-state index contributed by atoms with van der Waals surface area (Å²) in [6, 6.07) is 4.69. The van der Waals surface area contributed by atoms with Crippen LogP contribution >= 0.6 is 43.2 Å². The van der Waals surface area contributed by atoms with E-state index in [1.807, 2.05) is 6.92 Å². The van der Waals surface area contributed by atoms with Gasteiger partial charge < -0.3 is 5.11 Å². The summed E-state index contributed by atoms with van der Waals surface area (Å²) < 4.78 is 28.2. The molecular formula is C12H9Br2NO4S2. The van der Waals surface area contributed by atoms with Gasteiger partial charge in [0, 0.05) is 14.3 Å². The van der Waals surface area contributed by atoms with Crippen molar-refractivity contribution in [3.05, 3.63) is 43.7 Å². The number of carbonyl (C=O) groups is 1. The van der Waals surface area contributed by atoms with Gasteiger partial charge in [-0.25, -0.2) is 13.2 Å². The summed E-state index contributed by atoms with van der Waals surface area (Å²) in [5.74, 6) is -1.16. The highest BCUT2D eigenvalue weighted by molar-refractivity contribution is 9.11. The van der Waals surface area contributed by atoms with Crippen molar-refractivity contribution in [2.75, 3.05) is 4.72 Å². The number of hydrogen-bond acceptors (Lipinski definition) is 4. The summed E-state index contributed by atoms with van der Waals surface area (Å²) in [6.45, 7) is 1.88. The third-order valence-electron chi connectivity index (χ3n) is 2.51. The molecule has 1 aromatic heterocycles. The third-order valence-corrected chi connectivity index (χ3v) is 6.55. The Balaban J connectivity index is 2.40. The molecule has 2 N–H and O–H groups in total. The molecule has 9 heteroatoms. The number of carboxylic acid groups (broad SMARTS) is 1. The molecular weight excluding hydrogens is 446 g/mol. The first-order valence-electron chi connectivity index (χ1n) is 5.51. The largest absolute Gasteiger partial charge is 0.478 e. The number of thiophene rings is 1. The number of carboxylic acids is 1. The molecule has 0 saturated heterocycles. The Morgan fingerprint density at radius 3 is 2.29 bits per heavy atom. The zero-order valence-electron chi connectivity index (χ0n) is 10.6. The van der Waals surface area contributed by atoms with E-state index in [4.69, 9.17) is 5.11 Å². The number of benzene rings is 1. The van der Waals surface area contributed by atoms with Crippen molar-refractivity contribution < 1.29 is 18.3 Å². The SMILES string of the molecule is Cc1cc(Br)c(NS(=O)(=O)c2cc(C(=O)O)cs2)c(Br)c1. The molecule has 0 unspecified atom stereocenters. The van der Waals surface area contributed by atoms with Crippen molar-refractivity contribution in [3.8, 4) is 0 Å². The molecule has 0 atom stereocenters. The van der Waals surface area contributed by atoms with Crippen LogP contribution in [-0.4, -0.2) is 19.5 Å². The van der Waals surface area contributed by atoms with Crippen LogP contribution in [0.5, 0.6) is 0 Å². The van der Waals surface area contributed by atoms with Crippen LogP contribution in [-0.2, 0) is 10.0 Å². The molecule has 2 rings (SSSR count). The second-order valence-electron chi connectivity index (χ2n) is 4.17. The molecule has 0 amide bonds. The number of anilines is 1. The molecule has 1 heterocycles. The number of sulfonamides is 1. The lowest BCUT2D eigenvalue weighted by atomic mass is 10.2. The van der Waals surface area contributed by atoms with Crippen molar-refractivity contribution in [1.82, 2.24) is 0 Å². The van der Waals surface area contributed by atoms with Gasteiger partial charge in [-0.2, -0.15) is 0 Å². The van der Waals surface area contributed by atoms with Crippen molar-refractivity contribution >= 4 is 64.9 Å². The molecule has 21 heavy (non-hydrogen) atoms. The van der Waals surface area contributed by atoms with E-state index >= 15 is 0 Å². The number of rotatable bonds is 4. The standard InChI is InChI=1S/C12H9Br2NO4S2/c1-6-2-8(13)11(9(14)3-6)15-21(18,19)10-4-7(5-20-10)12(16)17/h2-5,15H,1H3,(H,16,17). The molecule has 2 aromatic rings. The average Bonchev–Trinajstić information content (AvgIpc) is 2.84. The van der Waals surface area contributed by atoms with Gasteiger partial charge >= 0.3 is 5.97 Å². The molecule has 5 nitrogen and oxygen atoms in total. The van der Waals surface area contributed by atoms with E-state index in [1.54, 1.807) is 12.1 Å². The Bertz CT molecular complexity index is 791. The topological polar surface area (TPSA) is 83.5 Å². The fourth-order valence-corrected chi connectivity index (χ4v) is 5.68. The molecule has 1 aromatic carbocycles. The maximum Gasteiger partial charge on any atom is 0.336 e. The molecule has 0 radical (unpaired) electrons. The quantitative estimate of drug-likeness (QED) is 0.728. The smallest absolute Gasteiger partial charge is 0.336 e. The second kappa shape index (κ2) is 6.07. The average molecular weight is 455 g/mol. The maximum atomic E-state index is 12.3. The highest BCUT2D eigenvalue weighted by atomic mass is 79.9. The number of aromatic carboxylic acids is 1. The Hall–Kier alpha value is -0.900. The van der Waals surface area contributed by atoms with Gasteiger partial charge in [-0.05, 0) is 62.5 Å². The van der Waals surface area contributed by atoms with Gasteiger partial charge in [0.2, 0.25) is 0 Å². The number of nitrogens with one attached hydrogen (secondary N) is 1. The van der Waals surface area contributed by atoms with Gasteiger partial charge in [-0.3, -0.25) is 4.72 Å². The van der Waals surface area contributed by atoms with Crippen molar-refractivity contribution in [2.45, 2.75) is 11.1 Å². The van der Waals surface area contributed by atoms with Gasteiger partial charge in [-0.15, -0.1) is 11.3 Å². The van der Waals surface area contributed by atoms with Crippen LogP contribution < -0.4 is 4.72 Å². The first-order chi connectivity index (χ1) is 9.70. The van der Waals surface area contributed by atoms with Gasteiger partial charge in [-0.1, -0.05) is 0 Å². The van der Waals surface area contributed by atoms with Crippen LogP contribution in [0, 0.1) is 6.92 Å². The van der Waals surface area contributed by atoms with E-state index in [1.165, 1.54) is 5.38 Å². The van der Waals surface area contributed by atoms with E-state index in [2.05, 4.69) is 36.6 Å². The monoisotopic (exact) mass is 453 g/mol. The van der Waals surface area contributed by atoms with Crippen LogP contribution in [0.2, 0.25) is 0 Å². The summed E-state index contributed by atoms with van der Waals surface area (Å²) in [5, 5.41) is 10.1. The normalized spacial score (nSPS) is 11.4. The highest BCUT2D eigenvalue weighted by Crippen LogP contribution is 2.34. The lowest BCUT2D eigenvalue weighted by molar-refractivity contribution is 0.0697. The van der Waals surface area contributed by atoms with Gasteiger partial charge in [0.25, 0.3) is 10.0 Å². The van der Waals surface area contributed by atoms with Crippen LogP contribution in [0.25, 0.3) is 0 Å². The minimum atomic E-state index is -3.84. The Kier molecular flexibility index (Phi) is 4.76. The van der Waals surface area contributed by atoms with Crippen LogP contribution in [0.15, 0.2) is 36.7 Å². The summed E-state index contributed by atoms with van der Waals surface area (Å²) in [4.78, 5) is 10.8. The second-order valence-corrected chi connectivity index (χ2v) is 8.70. The molecule has 0 saturated carbocycles. The summed E-state index contributed by atoms with van der Waals surface area (Å²) in [6.07, 6.45) is 0. The van der Waals surface area contributed by atoms with E-state index in [0.29, 0.717) is 14.6 Å². The summed E-state index contributed by atoms with van der Waals surface area (Å²) in [7, 11) is -3.84. The predicted molar refractivity (Wildman–Crippen MR) is 88.7 cm³/mol. The minimum absolute atomic E-state index is 0.0533. The fourth-order valence-electron chi connectivity index (χ4n) is 1.55. The molecule has 0 aliphatic rings. The van der Waals surface area contributed by atoms with Crippen molar-refractivity contribution in [1.29, 1.82) is 0 Å². The lowest BCUT2D eigenvalue weighted by Crippen LogP contribution is -2.12. The third kappa shape index (κ3) is 3.65. The molecule has 0 bridgehead atoms. The Labute approximate surface area is 142 Å². The van der Waals surface area contributed by atoms with E-state index in [0.717, 1.165) is 23.0 Å². The molecule has 0 aliphatic heterocycles. The molecule has 0 spiro atoms. The molecule has 112 valence electrons. The number of hydrogen-bond donors (Lipinski definition) is 2. The van der Waals surface area contributed by atoms with Crippen LogP contribution in [0.3, 0.4) is 0 Å². The minimum Gasteiger partial charge on any atom is -0.478 e. The Morgan fingerprint density at radius 2 is 1.81 bits per heavy atom. The van der Waals surface area contributed by atoms with Crippen molar-refractivity contribution in [3.63, 3.8) is 0 Å². The fraction of sp³-hybridized carbons (Fsp3) is 0.0833. The van der Waals surface area contributed by atoms with Gasteiger partial charge in [0.05, 0.1) is 11.3 Å². The summed E-state index contributed by atoms with van der Waals surface area (Å²) in [5.41, 5.74) is 1.27. The predicted octanol–water partition coefficient (Wildman–Crippen LogP) is 4.08. The highest BCUT2D eigenvalue weighted by Gasteiger charge is 2.21. The van der Waals surface area contributed by atoms with E-state index in [-0.39, 0.29) is 9.77 Å². The zero-order chi connectivity index (χ0) is 15.8. The first kappa shape index (κ1) is 16.5. The van der Waals surface area contributed by atoms with Crippen molar-refractivity contribution in [2.24, 2.45) is 0 Å². The van der Waals surface area contributed by atoms with Gasteiger partial charge in [0.1, 0.15) is 4.21 Å².